The molecular formula is C17H19BrCl3N3O3S. The zero-order valence-electron chi connectivity index (χ0n) is 14.8. The molecule has 0 amide bonds. The van der Waals surface area contributed by atoms with Crippen molar-refractivity contribution < 1.29 is 13.2 Å². The van der Waals surface area contributed by atoms with Crippen molar-refractivity contribution in [3.63, 3.8) is 0 Å². The normalized spacial score (nSPS) is 14.4. The molecule has 0 aromatic heterocycles. The fourth-order valence-corrected chi connectivity index (χ4v) is 4.93. The Hall–Kier alpha value is -0.900. The summed E-state index contributed by atoms with van der Waals surface area (Å²) in [5, 5.41) is 3.87. The van der Waals surface area contributed by atoms with Gasteiger partial charge in [0.25, 0.3) is 10.0 Å². The zero-order chi connectivity index (χ0) is 19.6. The SMILES string of the molecule is COc1ccc(S(=O)(=O)Nc2cc(Cl)cc(Br)c2Cl)cc1N1CCNCC1.Cl. The lowest BCUT2D eigenvalue weighted by atomic mass is 10.2. The number of rotatable bonds is 5. The molecule has 1 aliphatic rings. The highest BCUT2D eigenvalue weighted by Crippen LogP contribution is 2.36. The van der Waals surface area contributed by atoms with Crippen molar-refractivity contribution in [3.8, 4) is 5.75 Å². The molecule has 11 heteroatoms. The number of nitrogens with one attached hydrogen (secondary N) is 2. The fraction of sp³-hybridized carbons (Fsp3) is 0.294. The smallest absolute Gasteiger partial charge is 0.262 e. The van der Waals surface area contributed by atoms with E-state index < -0.39 is 10.0 Å². The second-order valence-corrected chi connectivity index (χ2v) is 9.28. The van der Waals surface area contributed by atoms with Gasteiger partial charge in [-0.1, -0.05) is 23.2 Å². The first-order chi connectivity index (χ1) is 12.8. The molecule has 1 fully saturated rings. The van der Waals surface area contributed by atoms with E-state index in [1.165, 1.54) is 12.1 Å². The summed E-state index contributed by atoms with van der Waals surface area (Å²) in [5.41, 5.74) is 0.941. The Bertz CT molecular complexity index is 954. The molecule has 3 rings (SSSR count). The third kappa shape index (κ3) is 5.17. The number of nitrogens with zero attached hydrogens (tertiary/aromatic N) is 1. The minimum atomic E-state index is -3.87. The van der Waals surface area contributed by atoms with Gasteiger partial charge in [0.15, 0.2) is 0 Å². The Morgan fingerprint density at radius 2 is 1.86 bits per heavy atom. The summed E-state index contributed by atoms with van der Waals surface area (Å²) in [5.74, 6) is 0.624. The van der Waals surface area contributed by atoms with Crippen LogP contribution in [0.4, 0.5) is 11.4 Å². The van der Waals surface area contributed by atoms with Gasteiger partial charge in [-0.05, 0) is 46.3 Å². The lowest BCUT2D eigenvalue weighted by Crippen LogP contribution is -2.43. The number of benzene rings is 2. The van der Waals surface area contributed by atoms with E-state index in [9.17, 15) is 8.42 Å². The number of ether oxygens (including phenoxy) is 1. The van der Waals surface area contributed by atoms with E-state index in [-0.39, 0.29) is 28.0 Å². The minimum absolute atomic E-state index is 0. The van der Waals surface area contributed by atoms with Crippen molar-refractivity contribution in [1.82, 2.24) is 5.32 Å². The van der Waals surface area contributed by atoms with Gasteiger partial charge in [-0.25, -0.2) is 8.42 Å². The van der Waals surface area contributed by atoms with E-state index in [0.29, 0.717) is 15.2 Å². The van der Waals surface area contributed by atoms with Crippen LogP contribution in [0.1, 0.15) is 0 Å². The quantitative estimate of drug-likeness (QED) is 0.560. The highest BCUT2D eigenvalue weighted by Gasteiger charge is 2.22. The number of hydrogen-bond donors (Lipinski definition) is 2. The van der Waals surface area contributed by atoms with Crippen LogP contribution in [0.2, 0.25) is 10.0 Å². The number of anilines is 2. The molecule has 28 heavy (non-hydrogen) atoms. The molecule has 0 saturated carbocycles. The van der Waals surface area contributed by atoms with Crippen LogP contribution in [0, 0.1) is 0 Å². The van der Waals surface area contributed by atoms with Crippen LogP contribution in [-0.2, 0) is 10.0 Å². The third-order valence-corrected chi connectivity index (χ3v) is 7.00. The Kier molecular flexibility index (Phi) is 8.13. The van der Waals surface area contributed by atoms with E-state index in [2.05, 4.69) is 30.9 Å². The molecule has 2 N–H and O–H groups in total. The van der Waals surface area contributed by atoms with Crippen LogP contribution in [-0.4, -0.2) is 41.7 Å². The van der Waals surface area contributed by atoms with Crippen LogP contribution in [0.15, 0.2) is 39.7 Å². The summed E-state index contributed by atoms with van der Waals surface area (Å²) >= 11 is 15.5. The van der Waals surface area contributed by atoms with Gasteiger partial charge in [-0.15, -0.1) is 12.4 Å². The van der Waals surface area contributed by atoms with Crippen molar-refractivity contribution >= 4 is 72.9 Å². The summed E-state index contributed by atoms with van der Waals surface area (Å²) in [7, 11) is -2.30. The summed E-state index contributed by atoms with van der Waals surface area (Å²) < 4.78 is 34.2. The molecule has 0 unspecified atom stereocenters. The monoisotopic (exact) mass is 529 g/mol. The highest BCUT2D eigenvalue weighted by atomic mass is 79.9. The van der Waals surface area contributed by atoms with E-state index in [1.807, 2.05) is 0 Å². The zero-order valence-corrected chi connectivity index (χ0v) is 19.6. The number of piperazine rings is 1. The van der Waals surface area contributed by atoms with E-state index >= 15 is 0 Å². The van der Waals surface area contributed by atoms with Gasteiger partial charge in [-0.2, -0.15) is 0 Å². The summed E-state index contributed by atoms with van der Waals surface area (Å²) in [6, 6.07) is 7.83. The fourth-order valence-electron chi connectivity index (χ4n) is 2.82. The maximum absolute atomic E-state index is 12.9. The van der Waals surface area contributed by atoms with Crippen LogP contribution in [0.3, 0.4) is 0 Å². The topological polar surface area (TPSA) is 70.7 Å². The molecule has 2 aromatic carbocycles. The molecule has 0 aliphatic carbocycles. The summed E-state index contributed by atoms with van der Waals surface area (Å²) in [6.07, 6.45) is 0. The van der Waals surface area contributed by atoms with Crippen LogP contribution in [0.5, 0.6) is 5.75 Å². The molecule has 0 spiro atoms. The van der Waals surface area contributed by atoms with Gasteiger partial charge in [0.2, 0.25) is 0 Å². The lowest BCUT2D eigenvalue weighted by molar-refractivity contribution is 0.412. The molecule has 1 saturated heterocycles. The standard InChI is InChI=1S/C17H18BrCl2N3O3S.ClH/c1-26-16-3-2-12(10-15(16)23-6-4-21-5-7-23)27(24,25)22-14-9-11(19)8-13(18)17(14)20;/h2-3,8-10,21-22H,4-7H2,1H3;1H. The van der Waals surface area contributed by atoms with Gasteiger partial charge in [0.1, 0.15) is 5.75 Å². The van der Waals surface area contributed by atoms with E-state index in [0.717, 1.165) is 31.9 Å². The Balaban J connectivity index is 0.00000280. The van der Waals surface area contributed by atoms with Crippen LogP contribution >= 0.6 is 51.5 Å². The predicted molar refractivity (Wildman–Crippen MR) is 120 cm³/mol. The Morgan fingerprint density at radius 1 is 1.18 bits per heavy atom. The van der Waals surface area contributed by atoms with Crippen molar-refractivity contribution in [1.29, 1.82) is 0 Å². The Morgan fingerprint density at radius 3 is 2.50 bits per heavy atom. The number of hydrogen-bond acceptors (Lipinski definition) is 5. The predicted octanol–water partition coefficient (Wildman–Crippen LogP) is 4.40. The third-order valence-electron chi connectivity index (χ3n) is 4.16. The lowest BCUT2D eigenvalue weighted by Gasteiger charge is -2.30. The van der Waals surface area contributed by atoms with Gasteiger partial charge in [-0.3, -0.25) is 4.72 Å². The molecular weight excluding hydrogens is 513 g/mol. The van der Waals surface area contributed by atoms with Crippen LogP contribution in [0.25, 0.3) is 0 Å². The first kappa shape index (κ1) is 23.4. The molecule has 154 valence electrons. The van der Waals surface area contributed by atoms with Crippen LogP contribution < -0.4 is 19.7 Å². The molecule has 6 nitrogen and oxygen atoms in total. The van der Waals surface area contributed by atoms with E-state index in [1.54, 1.807) is 25.3 Å². The summed E-state index contributed by atoms with van der Waals surface area (Å²) in [4.78, 5) is 2.21. The molecule has 1 aliphatic heterocycles. The number of halogens is 4. The average molecular weight is 532 g/mol. The van der Waals surface area contributed by atoms with E-state index in [4.69, 9.17) is 27.9 Å². The average Bonchev–Trinajstić information content (AvgIpc) is 2.65. The van der Waals surface area contributed by atoms with Gasteiger partial charge >= 0.3 is 0 Å². The molecule has 0 atom stereocenters. The van der Waals surface area contributed by atoms with Gasteiger partial charge < -0.3 is 15.0 Å². The van der Waals surface area contributed by atoms with Crippen molar-refractivity contribution in [2.24, 2.45) is 0 Å². The second-order valence-electron chi connectivity index (χ2n) is 5.93. The number of sulfonamides is 1. The van der Waals surface area contributed by atoms with Gasteiger partial charge in [0.05, 0.1) is 28.4 Å². The molecule has 0 bridgehead atoms. The molecule has 2 aromatic rings. The maximum atomic E-state index is 12.9. The number of methoxy groups -OCH3 is 1. The second kappa shape index (κ2) is 9.73. The van der Waals surface area contributed by atoms with Crippen molar-refractivity contribution in [2.45, 2.75) is 4.90 Å². The molecule has 0 radical (unpaired) electrons. The maximum Gasteiger partial charge on any atom is 0.262 e. The van der Waals surface area contributed by atoms with Crippen molar-refractivity contribution in [2.75, 3.05) is 42.9 Å². The van der Waals surface area contributed by atoms with Crippen molar-refractivity contribution in [3.05, 3.63) is 44.8 Å². The minimum Gasteiger partial charge on any atom is -0.495 e. The summed E-state index contributed by atoms with van der Waals surface area (Å²) in [6.45, 7) is 3.18. The highest BCUT2D eigenvalue weighted by molar-refractivity contribution is 9.10. The first-order valence-electron chi connectivity index (χ1n) is 8.13. The first-order valence-corrected chi connectivity index (χ1v) is 11.2. The van der Waals surface area contributed by atoms with Gasteiger partial charge in [0, 0.05) is 35.7 Å². The largest absolute Gasteiger partial charge is 0.495 e. The molecule has 1 heterocycles. The Labute approximate surface area is 189 Å².